The summed E-state index contributed by atoms with van der Waals surface area (Å²) in [5.41, 5.74) is 2.25. The van der Waals surface area contributed by atoms with Crippen molar-refractivity contribution in [2.24, 2.45) is 0 Å². The van der Waals surface area contributed by atoms with Crippen molar-refractivity contribution in [3.05, 3.63) is 42.2 Å². The Morgan fingerprint density at radius 1 is 0.568 bits per heavy atom. The van der Waals surface area contributed by atoms with Gasteiger partial charge in [0.15, 0.2) is 5.82 Å². The van der Waals surface area contributed by atoms with Gasteiger partial charge in [-0.1, -0.05) is 77.6 Å². The van der Waals surface area contributed by atoms with E-state index in [0.717, 1.165) is 56.2 Å². The highest BCUT2D eigenvalue weighted by molar-refractivity contribution is 5.55. The van der Waals surface area contributed by atoms with Crippen LogP contribution >= 0.6 is 0 Å². The zero-order chi connectivity index (χ0) is 26.2. The number of aromatic nitrogens is 2. The van der Waals surface area contributed by atoms with Crippen molar-refractivity contribution >= 4 is 0 Å². The molecule has 1 aromatic heterocycles. The average Bonchev–Trinajstić information content (AvgIpc) is 2.93. The van der Waals surface area contributed by atoms with Crippen LogP contribution in [-0.4, -0.2) is 43.0 Å². The van der Waals surface area contributed by atoms with Gasteiger partial charge in [0, 0.05) is 31.2 Å². The van der Waals surface area contributed by atoms with Crippen molar-refractivity contribution in [3.63, 3.8) is 0 Å². The normalized spacial score (nSPS) is 11.2. The molecule has 0 saturated heterocycles. The molecule has 0 aliphatic carbocycles. The van der Waals surface area contributed by atoms with E-state index in [9.17, 15) is 0 Å². The van der Waals surface area contributed by atoms with E-state index in [4.69, 9.17) is 14.2 Å². The summed E-state index contributed by atoms with van der Waals surface area (Å²) in [6.07, 6.45) is 23.0. The Morgan fingerprint density at radius 2 is 1.14 bits per heavy atom. The van der Waals surface area contributed by atoms with E-state index < -0.39 is 0 Å². The first kappa shape index (κ1) is 31.2. The molecule has 0 saturated carbocycles. The third kappa shape index (κ3) is 15.8. The molecule has 0 radical (unpaired) electrons. The smallest absolute Gasteiger partial charge is 0.159 e. The molecule has 5 heteroatoms. The highest BCUT2D eigenvalue weighted by Gasteiger charge is 2.03. The highest BCUT2D eigenvalue weighted by Crippen LogP contribution is 2.20. The number of unbranched alkanes of at least 4 members (excludes halogenated alkanes) is 12. The Labute approximate surface area is 226 Å². The lowest BCUT2D eigenvalue weighted by Crippen LogP contribution is -2.04. The molecule has 208 valence electrons. The second-order valence-electron chi connectivity index (χ2n) is 9.94. The molecule has 0 amide bonds. The van der Waals surface area contributed by atoms with Crippen LogP contribution < -0.4 is 4.74 Å². The Kier molecular flexibility index (Phi) is 18.6. The predicted molar refractivity (Wildman–Crippen MR) is 154 cm³/mol. The van der Waals surface area contributed by atoms with E-state index in [-0.39, 0.29) is 0 Å². The van der Waals surface area contributed by atoms with Crippen LogP contribution in [0.5, 0.6) is 5.75 Å². The number of nitrogens with zero attached hydrogens (tertiary/aromatic N) is 2. The molecule has 0 unspecified atom stereocenters. The van der Waals surface area contributed by atoms with Gasteiger partial charge in [-0.25, -0.2) is 9.97 Å². The average molecular weight is 513 g/mol. The third-order valence-electron chi connectivity index (χ3n) is 6.66. The topological polar surface area (TPSA) is 53.5 Å². The maximum absolute atomic E-state index is 5.92. The van der Waals surface area contributed by atoms with Crippen LogP contribution in [0.3, 0.4) is 0 Å². The fourth-order valence-corrected chi connectivity index (χ4v) is 4.36. The largest absolute Gasteiger partial charge is 0.494 e. The van der Waals surface area contributed by atoms with Gasteiger partial charge in [-0.3, -0.25) is 0 Å². The van der Waals surface area contributed by atoms with Gasteiger partial charge in [0.1, 0.15) is 5.75 Å². The molecule has 0 bridgehead atoms. The molecule has 2 aromatic rings. The Balaban J connectivity index is 1.51. The molecule has 37 heavy (non-hydrogen) atoms. The molecular formula is C32H52N2O3. The van der Waals surface area contributed by atoms with Crippen molar-refractivity contribution < 1.29 is 14.2 Å². The van der Waals surface area contributed by atoms with Gasteiger partial charge in [-0.05, 0) is 62.4 Å². The summed E-state index contributed by atoms with van der Waals surface area (Å²) in [5, 5.41) is 0. The van der Waals surface area contributed by atoms with Gasteiger partial charge in [0.05, 0.1) is 19.8 Å². The zero-order valence-corrected chi connectivity index (χ0v) is 23.7. The lowest BCUT2D eigenvalue weighted by Gasteiger charge is -2.08. The van der Waals surface area contributed by atoms with E-state index in [0.29, 0.717) is 13.2 Å². The molecule has 0 aliphatic rings. The third-order valence-corrected chi connectivity index (χ3v) is 6.66. The Hall–Kier alpha value is -1.98. The molecule has 0 aliphatic heterocycles. The van der Waals surface area contributed by atoms with Crippen LogP contribution in [0.4, 0.5) is 0 Å². The number of hydrogen-bond acceptors (Lipinski definition) is 5. The summed E-state index contributed by atoms with van der Waals surface area (Å²) < 4.78 is 16.7. The maximum atomic E-state index is 5.92. The van der Waals surface area contributed by atoms with Gasteiger partial charge in [0.25, 0.3) is 0 Å². The van der Waals surface area contributed by atoms with Crippen LogP contribution in [0.2, 0.25) is 0 Å². The SMILES string of the molecule is CCCCCCCCCCOc1ccc(-c2ncc(CCCCCCCCOCCOCC)cn2)cc1. The lowest BCUT2D eigenvalue weighted by atomic mass is 10.1. The van der Waals surface area contributed by atoms with Gasteiger partial charge in [-0.2, -0.15) is 0 Å². The van der Waals surface area contributed by atoms with Gasteiger partial charge >= 0.3 is 0 Å². The summed E-state index contributed by atoms with van der Waals surface area (Å²) in [6.45, 7) is 8.12. The fourth-order valence-electron chi connectivity index (χ4n) is 4.36. The van der Waals surface area contributed by atoms with Crippen LogP contribution in [0.1, 0.15) is 109 Å². The predicted octanol–water partition coefficient (Wildman–Crippen LogP) is 8.60. The van der Waals surface area contributed by atoms with E-state index in [2.05, 4.69) is 29.0 Å². The Morgan fingerprint density at radius 3 is 1.78 bits per heavy atom. The van der Waals surface area contributed by atoms with Crippen molar-refractivity contribution in [1.29, 1.82) is 0 Å². The van der Waals surface area contributed by atoms with Gasteiger partial charge in [-0.15, -0.1) is 0 Å². The van der Waals surface area contributed by atoms with Gasteiger partial charge < -0.3 is 14.2 Å². The second-order valence-corrected chi connectivity index (χ2v) is 9.94. The van der Waals surface area contributed by atoms with Crippen molar-refractivity contribution in [3.8, 4) is 17.1 Å². The molecule has 2 rings (SSSR count). The number of hydrogen-bond donors (Lipinski definition) is 0. The number of aryl methyl sites for hydroxylation is 1. The summed E-state index contributed by atoms with van der Waals surface area (Å²) in [5.74, 6) is 1.71. The molecule has 0 N–H and O–H groups in total. The first-order valence-electron chi connectivity index (χ1n) is 15.0. The van der Waals surface area contributed by atoms with E-state index in [1.165, 1.54) is 82.6 Å². The van der Waals surface area contributed by atoms with Gasteiger partial charge in [0.2, 0.25) is 0 Å². The van der Waals surface area contributed by atoms with Crippen molar-refractivity contribution in [2.45, 2.75) is 110 Å². The van der Waals surface area contributed by atoms with Crippen LogP contribution in [0.15, 0.2) is 36.7 Å². The summed E-state index contributed by atoms with van der Waals surface area (Å²) in [4.78, 5) is 9.20. The summed E-state index contributed by atoms with van der Waals surface area (Å²) in [6, 6.07) is 8.18. The highest BCUT2D eigenvalue weighted by atomic mass is 16.5. The second kappa shape index (κ2) is 22.0. The molecular weight excluding hydrogens is 460 g/mol. The van der Waals surface area contributed by atoms with Crippen LogP contribution in [0.25, 0.3) is 11.4 Å². The molecule has 0 spiro atoms. The minimum Gasteiger partial charge on any atom is -0.494 e. The van der Waals surface area contributed by atoms with Crippen LogP contribution in [-0.2, 0) is 15.9 Å². The van der Waals surface area contributed by atoms with Crippen molar-refractivity contribution in [1.82, 2.24) is 9.97 Å². The fraction of sp³-hybridized carbons (Fsp3) is 0.688. The monoisotopic (exact) mass is 512 g/mol. The first-order chi connectivity index (χ1) is 18.3. The minimum atomic E-state index is 0.710. The summed E-state index contributed by atoms with van der Waals surface area (Å²) >= 11 is 0. The molecule has 1 heterocycles. The van der Waals surface area contributed by atoms with E-state index in [1.54, 1.807) is 0 Å². The molecule has 0 atom stereocenters. The standard InChI is InChI=1S/C32H52N2O3/c1-3-5-6-7-8-10-14-17-24-37-31-21-19-30(20-22-31)32-33-27-29(28-34-32)18-15-12-9-11-13-16-23-36-26-25-35-4-2/h19-22,27-28H,3-18,23-26H2,1-2H3. The summed E-state index contributed by atoms with van der Waals surface area (Å²) in [7, 11) is 0. The number of ether oxygens (including phenoxy) is 3. The van der Waals surface area contributed by atoms with E-state index in [1.807, 2.05) is 31.5 Å². The zero-order valence-electron chi connectivity index (χ0n) is 23.7. The minimum absolute atomic E-state index is 0.710. The molecule has 5 nitrogen and oxygen atoms in total. The molecule has 1 aromatic carbocycles. The molecule has 0 fully saturated rings. The first-order valence-corrected chi connectivity index (χ1v) is 15.0. The Bertz CT molecular complexity index is 765. The van der Waals surface area contributed by atoms with Crippen LogP contribution in [0, 0.1) is 0 Å². The lowest BCUT2D eigenvalue weighted by molar-refractivity contribution is 0.0512. The van der Waals surface area contributed by atoms with E-state index >= 15 is 0 Å². The quantitative estimate of drug-likeness (QED) is 0.132. The van der Waals surface area contributed by atoms with Crippen molar-refractivity contribution in [2.75, 3.05) is 33.0 Å². The maximum Gasteiger partial charge on any atom is 0.159 e. The number of rotatable bonds is 24. The number of benzene rings is 1.